The van der Waals surface area contributed by atoms with Crippen molar-refractivity contribution < 1.29 is 30.6 Å². The molecule has 0 aromatic heterocycles. The molecule has 0 amide bonds. The summed E-state index contributed by atoms with van der Waals surface area (Å²) in [5, 5.41) is 0. The third-order valence-electron chi connectivity index (χ3n) is 4.36. The van der Waals surface area contributed by atoms with E-state index in [-0.39, 0.29) is 29.4 Å². The molecule has 4 nitrogen and oxygen atoms in total. The molecule has 0 radical (unpaired) electrons. The monoisotopic (exact) mass is 384 g/mol. The molecule has 0 heterocycles. The molecule has 26 heavy (non-hydrogen) atoms. The third kappa shape index (κ3) is 3.21. The Morgan fingerprint density at radius 3 is 2.27 bits per heavy atom. The van der Waals surface area contributed by atoms with Crippen molar-refractivity contribution in [2.75, 3.05) is 0 Å². The normalized spacial score (nSPS) is 17.3. The smallest absolute Gasteiger partial charge is 0.378 e. The van der Waals surface area contributed by atoms with E-state index in [1.54, 1.807) is 6.07 Å². The van der Waals surface area contributed by atoms with Gasteiger partial charge in [-0.25, -0.2) is 0 Å². The number of carbonyl (C=O) groups excluding carboxylic acids is 1. The van der Waals surface area contributed by atoms with Crippen LogP contribution in [0, 0.1) is 6.92 Å². The van der Waals surface area contributed by atoms with Crippen molar-refractivity contribution in [3.8, 4) is 5.75 Å². The van der Waals surface area contributed by atoms with Crippen LogP contribution >= 0.6 is 0 Å². The number of alkyl halides is 3. The Morgan fingerprint density at radius 1 is 1.08 bits per heavy atom. The van der Waals surface area contributed by atoms with Gasteiger partial charge in [-0.3, -0.25) is 4.79 Å². The lowest BCUT2D eigenvalue weighted by Gasteiger charge is -2.13. The van der Waals surface area contributed by atoms with Gasteiger partial charge in [0.05, 0.1) is 11.1 Å². The number of halogens is 3. The van der Waals surface area contributed by atoms with Crippen LogP contribution in [0.25, 0.3) is 0 Å². The molecule has 0 aliphatic heterocycles. The summed E-state index contributed by atoms with van der Waals surface area (Å²) in [4.78, 5) is 11.8. The van der Waals surface area contributed by atoms with Gasteiger partial charge in [0.2, 0.25) is 0 Å². The second-order valence-corrected chi connectivity index (χ2v) is 7.80. The highest BCUT2D eigenvalue weighted by atomic mass is 32.2. The molecule has 0 bridgehead atoms. The zero-order valence-corrected chi connectivity index (χ0v) is 14.7. The first kappa shape index (κ1) is 18.4. The van der Waals surface area contributed by atoms with Gasteiger partial charge in [0.25, 0.3) is 0 Å². The van der Waals surface area contributed by atoms with Crippen LogP contribution < -0.4 is 4.18 Å². The Labute approximate surface area is 148 Å². The molecule has 8 heteroatoms. The van der Waals surface area contributed by atoms with Crippen molar-refractivity contribution in [2.45, 2.75) is 37.3 Å². The van der Waals surface area contributed by atoms with Gasteiger partial charge in [0.1, 0.15) is 4.90 Å². The van der Waals surface area contributed by atoms with E-state index in [0.29, 0.717) is 12.1 Å². The van der Waals surface area contributed by atoms with Crippen LogP contribution in [0.1, 0.15) is 46.3 Å². The lowest BCUT2D eigenvalue weighted by atomic mass is 9.98. The maximum absolute atomic E-state index is 12.6. The molecule has 0 N–H and O–H groups in total. The van der Waals surface area contributed by atoms with E-state index in [1.165, 1.54) is 6.07 Å². The molecule has 2 aromatic carbocycles. The van der Waals surface area contributed by atoms with Gasteiger partial charge >= 0.3 is 16.3 Å². The summed E-state index contributed by atoms with van der Waals surface area (Å²) in [7, 11) is -4.37. The topological polar surface area (TPSA) is 60.4 Å². The fourth-order valence-corrected chi connectivity index (χ4v) is 4.10. The van der Waals surface area contributed by atoms with Gasteiger partial charge in [0, 0.05) is 6.42 Å². The van der Waals surface area contributed by atoms with Crippen LogP contribution in [0.15, 0.2) is 41.3 Å². The van der Waals surface area contributed by atoms with E-state index >= 15 is 0 Å². The average Bonchev–Trinajstić information content (AvgIpc) is 2.85. The average molecular weight is 384 g/mol. The maximum atomic E-state index is 12.6. The molecule has 1 aliphatic rings. The lowest BCUT2D eigenvalue weighted by Crippen LogP contribution is -2.13. The fourth-order valence-electron chi connectivity index (χ4n) is 3.15. The number of rotatable bonds is 3. The summed E-state index contributed by atoms with van der Waals surface area (Å²) < 4.78 is 67.8. The zero-order valence-electron chi connectivity index (χ0n) is 13.9. The molecule has 0 saturated carbocycles. The van der Waals surface area contributed by atoms with E-state index in [4.69, 9.17) is 4.18 Å². The van der Waals surface area contributed by atoms with Crippen molar-refractivity contribution >= 4 is 15.9 Å². The molecule has 0 saturated heterocycles. The summed E-state index contributed by atoms with van der Waals surface area (Å²) in [5.74, 6) is -0.358. The first-order valence-corrected chi connectivity index (χ1v) is 9.20. The summed E-state index contributed by atoms with van der Waals surface area (Å²) in [6.07, 6.45) is -4.31. The molecule has 1 atom stereocenters. The largest absolute Gasteiger partial charge is 0.416 e. The molecule has 0 fully saturated rings. The Hall–Kier alpha value is -2.35. The quantitative estimate of drug-likeness (QED) is 0.733. The van der Waals surface area contributed by atoms with E-state index in [0.717, 1.165) is 23.3 Å². The predicted molar refractivity (Wildman–Crippen MR) is 87.8 cm³/mol. The Morgan fingerprint density at radius 2 is 1.69 bits per heavy atom. The number of carbonyl (C=O) groups is 1. The molecule has 3 rings (SSSR count). The number of hydrogen-bond donors (Lipinski definition) is 0. The van der Waals surface area contributed by atoms with Crippen LogP contribution in [0.2, 0.25) is 0 Å². The highest BCUT2D eigenvalue weighted by Crippen LogP contribution is 2.41. The molecular formula is C18H15F3O4S. The van der Waals surface area contributed by atoms with Gasteiger partial charge < -0.3 is 4.18 Å². The van der Waals surface area contributed by atoms with Gasteiger partial charge in [-0.1, -0.05) is 13.0 Å². The molecule has 2 aromatic rings. The second kappa shape index (κ2) is 6.12. The lowest BCUT2D eigenvalue weighted by molar-refractivity contribution is -0.137. The van der Waals surface area contributed by atoms with Gasteiger partial charge in [-0.05, 0) is 54.3 Å². The van der Waals surface area contributed by atoms with E-state index in [1.807, 2.05) is 13.8 Å². The van der Waals surface area contributed by atoms with Crippen LogP contribution in [-0.2, 0) is 16.3 Å². The summed E-state index contributed by atoms with van der Waals surface area (Å²) >= 11 is 0. The Bertz CT molecular complexity index is 977. The molecule has 0 spiro atoms. The van der Waals surface area contributed by atoms with Crippen molar-refractivity contribution in [3.05, 3.63) is 58.7 Å². The standard InChI is InChI=1S/C18H15F3O4S/c1-10-3-8-15(17-14(22)9-11(2)16(10)17)25-26(23,24)13-6-4-12(5-7-13)18(19,20)21/h3-8,11H,9H2,1-2H3. The fraction of sp³-hybridized carbons (Fsp3) is 0.278. The van der Waals surface area contributed by atoms with Gasteiger partial charge in [-0.2, -0.15) is 21.6 Å². The number of hydrogen-bond acceptors (Lipinski definition) is 4. The minimum atomic E-state index is -4.57. The summed E-state index contributed by atoms with van der Waals surface area (Å²) in [6, 6.07) is 6.05. The zero-order chi connectivity index (χ0) is 19.3. The van der Waals surface area contributed by atoms with Crippen molar-refractivity contribution in [1.29, 1.82) is 0 Å². The van der Waals surface area contributed by atoms with Crippen LogP contribution in [0.4, 0.5) is 13.2 Å². The minimum absolute atomic E-state index is 0.0465. The number of benzene rings is 2. The minimum Gasteiger partial charge on any atom is -0.378 e. The van der Waals surface area contributed by atoms with Crippen LogP contribution in [0.3, 0.4) is 0 Å². The number of Topliss-reactive ketones (excluding diaryl/α,β-unsaturated/α-hetero) is 1. The van der Waals surface area contributed by atoms with E-state index in [2.05, 4.69) is 0 Å². The Kier molecular flexibility index (Phi) is 4.34. The van der Waals surface area contributed by atoms with E-state index < -0.39 is 26.8 Å². The maximum Gasteiger partial charge on any atom is 0.416 e. The van der Waals surface area contributed by atoms with Crippen molar-refractivity contribution in [1.82, 2.24) is 0 Å². The number of aryl methyl sites for hydroxylation is 1. The summed E-state index contributed by atoms with van der Waals surface area (Å²) in [5.41, 5.74) is 0.873. The highest BCUT2D eigenvalue weighted by Gasteiger charge is 2.34. The van der Waals surface area contributed by atoms with Crippen molar-refractivity contribution in [2.24, 2.45) is 0 Å². The number of ketones is 1. The van der Waals surface area contributed by atoms with Gasteiger partial charge in [-0.15, -0.1) is 0 Å². The first-order chi connectivity index (χ1) is 12.0. The van der Waals surface area contributed by atoms with Crippen LogP contribution in [0.5, 0.6) is 5.75 Å². The van der Waals surface area contributed by atoms with Crippen LogP contribution in [-0.4, -0.2) is 14.2 Å². The summed E-state index contributed by atoms with van der Waals surface area (Å²) in [6.45, 7) is 3.69. The van der Waals surface area contributed by atoms with E-state index in [9.17, 15) is 26.4 Å². The molecule has 1 aliphatic carbocycles. The Balaban J connectivity index is 1.98. The highest BCUT2D eigenvalue weighted by molar-refractivity contribution is 7.87. The SMILES string of the molecule is Cc1ccc(OS(=O)(=O)c2ccc(C(F)(F)F)cc2)c2c1C(C)CC2=O. The molecule has 1 unspecified atom stereocenters. The number of fused-ring (bicyclic) bond motifs is 1. The predicted octanol–water partition coefficient (Wildman–Crippen LogP) is 4.47. The molecular weight excluding hydrogens is 369 g/mol. The molecule has 138 valence electrons. The second-order valence-electron chi connectivity index (χ2n) is 6.26. The first-order valence-electron chi connectivity index (χ1n) is 7.79. The van der Waals surface area contributed by atoms with Gasteiger partial charge in [0.15, 0.2) is 11.5 Å². The van der Waals surface area contributed by atoms with Crippen molar-refractivity contribution in [3.63, 3.8) is 0 Å². The third-order valence-corrected chi connectivity index (χ3v) is 5.61.